The number of aliphatic imine (C=N–C) groups is 1. The Balaban J connectivity index is 2.02. The summed E-state index contributed by atoms with van der Waals surface area (Å²) in [6.07, 6.45) is 0.869. The molecule has 170 valence electrons. The normalized spacial score (nSPS) is 11.6. The van der Waals surface area contributed by atoms with E-state index in [1.165, 1.54) is 16.7 Å². The molecule has 0 atom stereocenters. The minimum absolute atomic E-state index is 0.630. The van der Waals surface area contributed by atoms with Crippen LogP contribution in [-0.4, -0.2) is 51.8 Å². The topological polar surface area (TPSA) is 58.1 Å². The fraction of sp³-hybridized carbons (Fsp3) is 0.480. The van der Waals surface area contributed by atoms with E-state index in [1.54, 1.807) is 7.11 Å². The van der Waals surface area contributed by atoms with Crippen molar-refractivity contribution < 1.29 is 9.47 Å². The molecule has 0 aromatic heterocycles. The highest BCUT2D eigenvalue weighted by Crippen LogP contribution is 2.20. The quantitative estimate of drug-likeness (QED) is 0.308. The van der Waals surface area contributed by atoms with Gasteiger partial charge in [-0.15, -0.1) is 0 Å². The molecule has 6 heteroatoms. The lowest BCUT2D eigenvalue weighted by atomic mass is 10.1. The molecule has 31 heavy (non-hydrogen) atoms. The molecule has 2 rings (SSSR count). The van der Waals surface area contributed by atoms with Crippen molar-refractivity contribution in [1.29, 1.82) is 0 Å². The van der Waals surface area contributed by atoms with Gasteiger partial charge in [-0.25, -0.2) is 4.99 Å². The summed E-state index contributed by atoms with van der Waals surface area (Å²) in [7, 11) is 5.87. The van der Waals surface area contributed by atoms with Gasteiger partial charge < -0.3 is 25.0 Å². The standard InChI is InChI=1S/C25H38N4O2/c1-6-26-25(27-17-21-9-7-10-22(16-21)19-29(3)4)28-18-23-12-11-20(2)15-24(23)31-14-8-13-30-5/h7,9-12,15-16H,6,8,13-14,17-19H2,1-5H3,(H2,26,27,28). The van der Waals surface area contributed by atoms with E-state index in [1.807, 2.05) is 0 Å². The predicted octanol–water partition coefficient (Wildman–Crippen LogP) is 3.73. The Labute approximate surface area is 187 Å². The zero-order valence-electron chi connectivity index (χ0n) is 19.7. The Kier molecular flexibility index (Phi) is 10.9. The molecule has 0 saturated carbocycles. The predicted molar refractivity (Wildman–Crippen MR) is 129 cm³/mol. The largest absolute Gasteiger partial charge is 0.493 e. The average molecular weight is 427 g/mol. The lowest BCUT2D eigenvalue weighted by molar-refractivity contribution is 0.171. The summed E-state index contributed by atoms with van der Waals surface area (Å²) in [5.41, 5.74) is 4.80. The maximum atomic E-state index is 6.00. The molecule has 6 nitrogen and oxygen atoms in total. The summed E-state index contributed by atoms with van der Waals surface area (Å²) in [6, 6.07) is 14.9. The second kappa shape index (κ2) is 13.7. The van der Waals surface area contributed by atoms with Crippen molar-refractivity contribution in [2.24, 2.45) is 4.99 Å². The van der Waals surface area contributed by atoms with Gasteiger partial charge in [0.1, 0.15) is 5.75 Å². The van der Waals surface area contributed by atoms with Crippen LogP contribution in [0.3, 0.4) is 0 Å². The fourth-order valence-electron chi connectivity index (χ4n) is 3.21. The molecule has 0 bridgehead atoms. The summed E-state index contributed by atoms with van der Waals surface area (Å²) < 4.78 is 11.1. The number of rotatable bonds is 12. The van der Waals surface area contributed by atoms with Crippen LogP contribution in [0, 0.1) is 6.92 Å². The molecule has 0 spiro atoms. The molecule has 0 heterocycles. The van der Waals surface area contributed by atoms with Crippen LogP contribution in [0.25, 0.3) is 0 Å². The first kappa shape index (κ1) is 24.7. The van der Waals surface area contributed by atoms with Crippen LogP contribution in [0.1, 0.15) is 35.6 Å². The summed E-state index contributed by atoms with van der Waals surface area (Å²) in [5.74, 6) is 1.71. The number of hydrogen-bond acceptors (Lipinski definition) is 4. The number of nitrogens with one attached hydrogen (secondary N) is 2. The van der Waals surface area contributed by atoms with Crippen LogP contribution in [0.15, 0.2) is 47.5 Å². The van der Waals surface area contributed by atoms with E-state index in [2.05, 4.69) is 85.9 Å². The second-order valence-corrected chi connectivity index (χ2v) is 7.91. The highest BCUT2D eigenvalue weighted by Gasteiger charge is 2.06. The van der Waals surface area contributed by atoms with Gasteiger partial charge in [0.25, 0.3) is 0 Å². The van der Waals surface area contributed by atoms with Crippen molar-refractivity contribution in [2.75, 3.05) is 41.0 Å². The Morgan fingerprint density at radius 1 is 1.03 bits per heavy atom. The Bertz CT molecular complexity index is 821. The molecule has 0 amide bonds. The number of ether oxygens (including phenoxy) is 2. The maximum Gasteiger partial charge on any atom is 0.191 e. The summed E-state index contributed by atoms with van der Waals surface area (Å²) in [6.45, 7) is 8.50. The van der Waals surface area contributed by atoms with E-state index < -0.39 is 0 Å². The van der Waals surface area contributed by atoms with Gasteiger partial charge in [-0.3, -0.25) is 0 Å². The Morgan fingerprint density at radius 3 is 2.58 bits per heavy atom. The first-order chi connectivity index (χ1) is 15.0. The molecule has 0 aliphatic carbocycles. The summed E-state index contributed by atoms with van der Waals surface area (Å²) in [4.78, 5) is 6.95. The van der Waals surface area contributed by atoms with E-state index >= 15 is 0 Å². The van der Waals surface area contributed by atoms with Gasteiger partial charge in [-0.05, 0) is 50.7 Å². The van der Waals surface area contributed by atoms with E-state index in [4.69, 9.17) is 14.5 Å². The van der Waals surface area contributed by atoms with Gasteiger partial charge >= 0.3 is 0 Å². The van der Waals surface area contributed by atoms with E-state index in [0.29, 0.717) is 26.3 Å². The summed E-state index contributed by atoms with van der Waals surface area (Å²) >= 11 is 0. The molecule has 0 fully saturated rings. The SMILES string of the molecule is CCNC(=NCc1cccc(CN(C)C)c1)NCc1ccc(C)cc1OCCCOC. The minimum atomic E-state index is 0.630. The fourth-order valence-corrected chi connectivity index (χ4v) is 3.21. The number of hydrogen-bond donors (Lipinski definition) is 2. The average Bonchev–Trinajstić information content (AvgIpc) is 2.74. The van der Waals surface area contributed by atoms with Gasteiger partial charge in [0.15, 0.2) is 5.96 Å². The molecule has 2 aromatic rings. The van der Waals surface area contributed by atoms with Gasteiger partial charge in [-0.2, -0.15) is 0 Å². The van der Waals surface area contributed by atoms with Crippen LogP contribution in [-0.2, 0) is 24.4 Å². The molecule has 0 saturated heterocycles. The third-order valence-electron chi connectivity index (χ3n) is 4.67. The second-order valence-electron chi connectivity index (χ2n) is 7.91. The zero-order chi connectivity index (χ0) is 22.5. The lowest BCUT2D eigenvalue weighted by Gasteiger charge is -2.15. The Hall–Kier alpha value is -2.57. The maximum absolute atomic E-state index is 6.00. The molecule has 0 radical (unpaired) electrons. The van der Waals surface area contributed by atoms with Crippen molar-refractivity contribution in [3.63, 3.8) is 0 Å². The minimum Gasteiger partial charge on any atom is -0.493 e. The Morgan fingerprint density at radius 2 is 1.84 bits per heavy atom. The number of guanidine groups is 1. The monoisotopic (exact) mass is 426 g/mol. The van der Waals surface area contributed by atoms with Gasteiger partial charge in [0.2, 0.25) is 0 Å². The molecule has 2 aromatic carbocycles. The van der Waals surface area contributed by atoms with Crippen LogP contribution in [0.5, 0.6) is 5.75 Å². The van der Waals surface area contributed by atoms with Gasteiger partial charge in [-0.1, -0.05) is 36.4 Å². The highest BCUT2D eigenvalue weighted by atomic mass is 16.5. The number of aryl methyl sites for hydroxylation is 1. The molecular formula is C25H38N4O2. The van der Waals surface area contributed by atoms with Crippen LogP contribution in [0.4, 0.5) is 0 Å². The van der Waals surface area contributed by atoms with Gasteiger partial charge in [0.05, 0.1) is 13.2 Å². The molecule has 0 unspecified atom stereocenters. The van der Waals surface area contributed by atoms with Crippen molar-refractivity contribution in [2.45, 2.75) is 39.9 Å². The first-order valence-electron chi connectivity index (χ1n) is 11.0. The third-order valence-corrected chi connectivity index (χ3v) is 4.67. The van der Waals surface area contributed by atoms with Crippen molar-refractivity contribution in [3.8, 4) is 5.75 Å². The number of benzene rings is 2. The van der Waals surface area contributed by atoms with Crippen LogP contribution < -0.4 is 15.4 Å². The van der Waals surface area contributed by atoms with Crippen molar-refractivity contribution in [1.82, 2.24) is 15.5 Å². The molecule has 0 aliphatic heterocycles. The van der Waals surface area contributed by atoms with E-state index in [0.717, 1.165) is 36.8 Å². The number of methoxy groups -OCH3 is 1. The van der Waals surface area contributed by atoms with E-state index in [-0.39, 0.29) is 0 Å². The molecule has 2 N–H and O–H groups in total. The van der Waals surface area contributed by atoms with Crippen LogP contribution >= 0.6 is 0 Å². The molecular weight excluding hydrogens is 388 g/mol. The van der Waals surface area contributed by atoms with Gasteiger partial charge in [0, 0.05) is 45.3 Å². The van der Waals surface area contributed by atoms with E-state index in [9.17, 15) is 0 Å². The number of nitrogens with zero attached hydrogens (tertiary/aromatic N) is 2. The summed E-state index contributed by atoms with van der Waals surface area (Å²) in [5, 5.41) is 6.78. The lowest BCUT2D eigenvalue weighted by Crippen LogP contribution is -2.36. The van der Waals surface area contributed by atoms with Crippen LogP contribution in [0.2, 0.25) is 0 Å². The van der Waals surface area contributed by atoms with Crippen molar-refractivity contribution >= 4 is 5.96 Å². The van der Waals surface area contributed by atoms with Crippen molar-refractivity contribution in [3.05, 3.63) is 64.7 Å². The highest BCUT2D eigenvalue weighted by molar-refractivity contribution is 5.79. The third kappa shape index (κ3) is 9.40. The first-order valence-corrected chi connectivity index (χ1v) is 11.0. The molecule has 0 aliphatic rings. The smallest absolute Gasteiger partial charge is 0.191 e. The zero-order valence-corrected chi connectivity index (χ0v) is 19.7.